The van der Waals surface area contributed by atoms with E-state index in [4.69, 9.17) is 0 Å². The molecule has 0 saturated carbocycles. The van der Waals surface area contributed by atoms with Crippen LogP contribution in [-0.2, 0) is 4.79 Å². The third kappa shape index (κ3) is 46.0. The SMILES string of the molecule is CC/C=C\C/C=C\C/C=C\C/C=C\C/C=C\C/C=C\C/C=C\C/C=C\C/C=C\CCCCCCCCCCCC(=O)NC(CO)C(O)CCCCCCCCCCCC. The average molecular weight is 816 g/mol. The first-order valence-electron chi connectivity index (χ1n) is 24.6. The predicted octanol–water partition coefficient (Wildman–Crippen LogP) is 16.0. The summed E-state index contributed by atoms with van der Waals surface area (Å²) in [5.74, 6) is -0.0446. The number of allylic oxidation sites excluding steroid dienone is 18. The van der Waals surface area contributed by atoms with Crippen LogP contribution in [-0.4, -0.2) is 34.9 Å². The van der Waals surface area contributed by atoms with Crippen molar-refractivity contribution in [2.45, 2.75) is 225 Å². The summed E-state index contributed by atoms with van der Waals surface area (Å²) in [4.78, 5) is 12.4. The maximum Gasteiger partial charge on any atom is 0.220 e. The quantitative estimate of drug-likeness (QED) is 0.0424. The maximum absolute atomic E-state index is 12.4. The van der Waals surface area contributed by atoms with Crippen LogP contribution in [0.25, 0.3) is 0 Å². The molecule has 2 atom stereocenters. The molecular weight excluding hydrogens is 723 g/mol. The van der Waals surface area contributed by atoms with Gasteiger partial charge in [0.05, 0.1) is 18.8 Å². The number of hydrogen-bond donors (Lipinski definition) is 3. The molecule has 59 heavy (non-hydrogen) atoms. The summed E-state index contributed by atoms with van der Waals surface area (Å²) in [7, 11) is 0. The van der Waals surface area contributed by atoms with Crippen LogP contribution in [0.15, 0.2) is 109 Å². The molecule has 0 spiro atoms. The number of aliphatic hydroxyl groups is 2. The number of hydrogen-bond acceptors (Lipinski definition) is 3. The number of aliphatic hydroxyl groups excluding tert-OH is 2. The van der Waals surface area contributed by atoms with Gasteiger partial charge in [0.15, 0.2) is 0 Å². The third-order valence-electron chi connectivity index (χ3n) is 10.5. The van der Waals surface area contributed by atoms with Crippen molar-refractivity contribution < 1.29 is 15.0 Å². The number of carbonyl (C=O) groups is 1. The van der Waals surface area contributed by atoms with E-state index in [1.54, 1.807) is 0 Å². The van der Waals surface area contributed by atoms with E-state index < -0.39 is 12.1 Å². The summed E-state index contributed by atoms with van der Waals surface area (Å²) in [6, 6.07) is -0.544. The molecule has 0 aliphatic rings. The largest absolute Gasteiger partial charge is 0.394 e. The van der Waals surface area contributed by atoms with Crippen LogP contribution in [0, 0.1) is 0 Å². The topological polar surface area (TPSA) is 69.6 Å². The Morgan fingerprint density at radius 3 is 1.12 bits per heavy atom. The van der Waals surface area contributed by atoms with Gasteiger partial charge in [-0.15, -0.1) is 0 Å². The van der Waals surface area contributed by atoms with Gasteiger partial charge in [0.2, 0.25) is 5.91 Å². The molecule has 0 fully saturated rings. The van der Waals surface area contributed by atoms with E-state index in [0.29, 0.717) is 12.8 Å². The molecule has 0 aromatic rings. The summed E-state index contributed by atoms with van der Waals surface area (Å²) in [5.41, 5.74) is 0. The van der Waals surface area contributed by atoms with Gasteiger partial charge in [-0.3, -0.25) is 4.79 Å². The van der Waals surface area contributed by atoms with Crippen LogP contribution in [0.3, 0.4) is 0 Å². The van der Waals surface area contributed by atoms with Crippen LogP contribution in [0.4, 0.5) is 0 Å². The smallest absolute Gasteiger partial charge is 0.220 e. The molecule has 3 N–H and O–H groups in total. The van der Waals surface area contributed by atoms with Crippen LogP contribution in [0.1, 0.15) is 213 Å². The van der Waals surface area contributed by atoms with Gasteiger partial charge < -0.3 is 15.5 Å². The molecule has 0 radical (unpaired) electrons. The van der Waals surface area contributed by atoms with Gasteiger partial charge in [-0.25, -0.2) is 0 Å². The monoisotopic (exact) mass is 816 g/mol. The Labute approximate surface area is 366 Å². The van der Waals surface area contributed by atoms with E-state index in [9.17, 15) is 15.0 Å². The summed E-state index contributed by atoms with van der Waals surface area (Å²) in [6.07, 6.45) is 74.7. The lowest BCUT2D eigenvalue weighted by Gasteiger charge is -2.22. The van der Waals surface area contributed by atoms with Gasteiger partial charge in [0, 0.05) is 6.42 Å². The van der Waals surface area contributed by atoms with E-state index in [1.165, 1.54) is 103 Å². The Morgan fingerprint density at radius 1 is 0.424 bits per heavy atom. The Bertz CT molecular complexity index is 1150. The van der Waals surface area contributed by atoms with Crippen LogP contribution >= 0.6 is 0 Å². The Hall–Kier alpha value is -2.95. The van der Waals surface area contributed by atoms with Crippen molar-refractivity contribution in [3.8, 4) is 0 Å². The van der Waals surface area contributed by atoms with E-state index in [0.717, 1.165) is 83.5 Å². The van der Waals surface area contributed by atoms with Crippen molar-refractivity contribution in [3.05, 3.63) is 109 Å². The van der Waals surface area contributed by atoms with Gasteiger partial charge in [0.25, 0.3) is 0 Å². The maximum atomic E-state index is 12.4. The predicted molar refractivity (Wildman–Crippen MR) is 262 cm³/mol. The zero-order chi connectivity index (χ0) is 42.8. The first-order valence-corrected chi connectivity index (χ1v) is 24.6. The minimum Gasteiger partial charge on any atom is -0.394 e. The molecule has 4 heteroatoms. The van der Waals surface area contributed by atoms with Crippen LogP contribution in [0.2, 0.25) is 0 Å². The standard InChI is InChI=1S/C55H93NO3/c1-3-5-7-9-11-13-15-16-17-18-19-20-21-22-23-24-25-26-27-28-29-30-31-32-33-34-35-36-37-38-39-40-41-43-45-47-49-51-55(59)56-53(52-57)54(58)50-48-46-44-42-14-12-10-8-6-4-2/h5,7,11,13,16-17,19-20,22-23,25-26,28-29,31-32,34-35,53-54,57-58H,3-4,6,8-10,12,14-15,18,21,24,27,30,33,36-52H2,1-2H3,(H,56,59)/b7-5-,13-11-,17-16-,20-19-,23-22-,26-25-,29-28-,32-31-,35-34-. The molecule has 4 nitrogen and oxygen atoms in total. The van der Waals surface area contributed by atoms with Crippen molar-refractivity contribution in [1.82, 2.24) is 5.32 Å². The second-order valence-corrected chi connectivity index (χ2v) is 16.2. The minimum absolute atomic E-state index is 0.0446. The number of nitrogens with one attached hydrogen (secondary N) is 1. The molecule has 0 heterocycles. The fraction of sp³-hybridized carbons (Fsp3) is 0.655. The number of rotatable bonds is 43. The van der Waals surface area contributed by atoms with Gasteiger partial charge in [0.1, 0.15) is 0 Å². The molecule has 0 saturated heterocycles. The van der Waals surface area contributed by atoms with Crippen molar-refractivity contribution in [2.75, 3.05) is 6.61 Å². The van der Waals surface area contributed by atoms with Gasteiger partial charge in [-0.2, -0.15) is 0 Å². The highest BCUT2D eigenvalue weighted by Gasteiger charge is 2.20. The fourth-order valence-corrected chi connectivity index (χ4v) is 6.82. The molecule has 1 amide bonds. The minimum atomic E-state index is -0.666. The molecule has 0 aliphatic carbocycles. The third-order valence-corrected chi connectivity index (χ3v) is 10.5. The van der Waals surface area contributed by atoms with E-state index in [-0.39, 0.29) is 12.5 Å². The van der Waals surface area contributed by atoms with Crippen molar-refractivity contribution >= 4 is 5.91 Å². The number of amides is 1. The molecular formula is C55H93NO3. The summed E-state index contributed by atoms with van der Waals surface area (Å²) in [5, 5.41) is 23.1. The van der Waals surface area contributed by atoms with Crippen molar-refractivity contribution in [3.63, 3.8) is 0 Å². The highest BCUT2D eigenvalue weighted by molar-refractivity contribution is 5.76. The molecule has 0 aromatic carbocycles. The average Bonchev–Trinajstić information content (AvgIpc) is 3.24. The van der Waals surface area contributed by atoms with E-state index in [1.807, 2.05) is 0 Å². The highest BCUT2D eigenvalue weighted by Crippen LogP contribution is 2.14. The lowest BCUT2D eigenvalue weighted by Crippen LogP contribution is -2.45. The highest BCUT2D eigenvalue weighted by atomic mass is 16.3. The molecule has 0 aliphatic heterocycles. The summed E-state index contributed by atoms with van der Waals surface area (Å²) < 4.78 is 0. The molecule has 0 bridgehead atoms. The Morgan fingerprint density at radius 2 is 0.746 bits per heavy atom. The normalized spacial score (nSPS) is 13.9. The first kappa shape index (κ1) is 56.0. The molecule has 0 aromatic heterocycles. The molecule has 2 unspecified atom stereocenters. The Balaban J connectivity index is 3.59. The second kappa shape index (κ2) is 49.4. The lowest BCUT2D eigenvalue weighted by atomic mass is 10.0. The van der Waals surface area contributed by atoms with Gasteiger partial charge >= 0.3 is 0 Å². The van der Waals surface area contributed by atoms with E-state index >= 15 is 0 Å². The zero-order valence-corrected chi connectivity index (χ0v) is 38.5. The summed E-state index contributed by atoms with van der Waals surface area (Å²) in [6.45, 7) is 4.21. The second-order valence-electron chi connectivity index (χ2n) is 16.2. The van der Waals surface area contributed by atoms with Crippen molar-refractivity contribution in [2.24, 2.45) is 0 Å². The number of unbranched alkanes of at least 4 members (excludes halogenated alkanes) is 18. The van der Waals surface area contributed by atoms with E-state index in [2.05, 4.69) is 129 Å². The number of carbonyl (C=O) groups excluding carboxylic acids is 1. The lowest BCUT2D eigenvalue weighted by molar-refractivity contribution is -0.123. The fourth-order valence-electron chi connectivity index (χ4n) is 6.82. The van der Waals surface area contributed by atoms with Gasteiger partial charge in [-0.1, -0.05) is 232 Å². The van der Waals surface area contributed by atoms with Crippen LogP contribution < -0.4 is 5.32 Å². The Kier molecular flexibility index (Phi) is 46.9. The first-order chi connectivity index (χ1) is 29.2. The van der Waals surface area contributed by atoms with Gasteiger partial charge in [-0.05, 0) is 83.5 Å². The molecule has 336 valence electrons. The van der Waals surface area contributed by atoms with Crippen LogP contribution in [0.5, 0.6) is 0 Å². The molecule has 0 rings (SSSR count). The summed E-state index contributed by atoms with van der Waals surface area (Å²) >= 11 is 0. The zero-order valence-electron chi connectivity index (χ0n) is 38.5. The van der Waals surface area contributed by atoms with Crippen molar-refractivity contribution in [1.29, 1.82) is 0 Å².